The van der Waals surface area contributed by atoms with Crippen LogP contribution in [0.25, 0.3) is 6.08 Å². The van der Waals surface area contributed by atoms with Gasteiger partial charge in [0.15, 0.2) is 17.3 Å². The van der Waals surface area contributed by atoms with Crippen LogP contribution >= 0.6 is 0 Å². The van der Waals surface area contributed by atoms with Gasteiger partial charge in [0.25, 0.3) is 0 Å². The van der Waals surface area contributed by atoms with Crippen molar-refractivity contribution in [3.05, 3.63) is 47.6 Å². The van der Waals surface area contributed by atoms with Crippen molar-refractivity contribution in [2.24, 2.45) is 5.41 Å². The van der Waals surface area contributed by atoms with E-state index in [0.29, 0.717) is 23.5 Å². The fraction of sp³-hybridized carbons (Fsp3) is 0.188. The maximum Gasteiger partial charge on any atom is 0.231 e. The third kappa shape index (κ3) is 1.77. The molecule has 0 spiro atoms. The number of rotatable bonds is 3. The lowest BCUT2D eigenvalue weighted by atomic mass is 9.73. The number of hydrogen-bond donors (Lipinski definition) is 1. The molecule has 4 rings (SSSR count). The van der Waals surface area contributed by atoms with Crippen LogP contribution in [-0.4, -0.2) is 28.8 Å². The predicted molar refractivity (Wildman–Crippen MR) is 76.7 cm³/mol. The van der Waals surface area contributed by atoms with Crippen LogP contribution in [0.4, 0.5) is 0 Å². The van der Waals surface area contributed by atoms with Crippen LogP contribution in [0.15, 0.2) is 30.7 Å². The van der Waals surface area contributed by atoms with Crippen LogP contribution in [0, 0.1) is 5.41 Å². The van der Waals surface area contributed by atoms with Gasteiger partial charge in [0.1, 0.15) is 17.4 Å². The number of carbonyl (C=O) groups is 2. The van der Waals surface area contributed by atoms with E-state index >= 15 is 0 Å². The zero-order valence-corrected chi connectivity index (χ0v) is 11.5. The number of Topliss-reactive ketones (excluding diaryl/α,β-unsaturated/α-hetero) is 1. The van der Waals surface area contributed by atoms with Gasteiger partial charge >= 0.3 is 0 Å². The molecular formula is C16H12N2O4. The van der Waals surface area contributed by atoms with Gasteiger partial charge in [-0.15, -0.1) is 0 Å². The summed E-state index contributed by atoms with van der Waals surface area (Å²) in [6, 6.07) is 3.70. The highest BCUT2D eigenvalue weighted by Gasteiger charge is 2.40. The van der Waals surface area contributed by atoms with E-state index in [4.69, 9.17) is 9.47 Å². The number of aromatic nitrogens is 2. The molecule has 0 saturated heterocycles. The van der Waals surface area contributed by atoms with Crippen molar-refractivity contribution in [2.75, 3.05) is 6.79 Å². The number of nitrogens with zero attached hydrogens (tertiary/aromatic N) is 1. The molecule has 1 atom stereocenters. The Labute approximate surface area is 125 Å². The molecule has 2 heterocycles. The van der Waals surface area contributed by atoms with Crippen molar-refractivity contribution in [1.29, 1.82) is 0 Å². The number of ether oxygens (including phenoxy) is 2. The molecule has 0 saturated carbocycles. The van der Waals surface area contributed by atoms with Gasteiger partial charge in [-0.25, -0.2) is 4.98 Å². The number of nitrogens with one attached hydrogen (secondary N) is 1. The molecular weight excluding hydrogens is 284 g/mol. The van der Waals surface area contributed by atoms with Crippen molar-refractivity contribution in [3.63, 3.8) is 0 Å². The van der Waals surface area contributed by atoms with Gasteiger partial charge in [0.05, 0.1) is 12.5 Å². The van der Waals surface area contributed by atoms with Gasteiger partial charge < -0.3 is 19.3 Å². The Morgan fingerprint density at radius 1 is 1.32 bits per heavy atom. The van der Waals surface area contributed by atoms with E-state index in [9.17, 15) is 9.59 Å². The molecule has 1 aliphatic heterocycles. The number of allylic oxidation sites excluding steroid dienone is 1. The van der Waals surface area contributed by atoms with Gasteiger partial charge in [-0.1, -0.05) is 12.2 Å². The number of H-pyrrole nitrogens is 1. The van der Waals surface area contributed by atoms with Crippen molar-refractivity contribution < 1.29 is 19.1 Å². The van der Waals surface area contributed by atoms with E-state index in [2.05, 4.69) is 9.97 Å². The van der Waals surface area contributed by atoms with Crippen LogP contribution in [0.1, 0.15) is 21.6 Å². The van der Waals surface area contributed by atoms with Crippen LogP contribution in [0.3, 0.4) is 0 Å². The summed E-state index contributed by atoms with van der Waals surface area (Å²) in [6.45, 7) is 0.188. The smallest absolute Gasteiger partial charge is 0.231 e. The van der Waals surface area contributed by atoms with Crippen molar-refractivity contribution in [1.82, 2.24) is 9.97 Å². The Morgan fingerprint density at radius 2 is 2.14 bits per heavy atom. The van der Waals surface area contributed by atoms with Gasteiger partial charge in [-0.3, -0.25) is 4.79 Å². The second-order valence-electron chi connectivity index (χ2n) is 5.37. The summed E-state index contributed by atoms with van der Waals surface area (Å²) < 4.78 is 10.7. The number of aromatic amines is 1. The molecule has 1 aromatic carbocycles. The summed E-state index contributed by atoms with van der Waals surface area (Å²) in [5.74, 6) is 1.03. The first-order valence-corrected chi connectivity index (χ1v) is 6.83. The molecule has 6 nitrogen and oxygen atoms in total. The summed E-state index contributed by atoms with van der Waals surface area (Å²) >= 11 is 0. The number of hydrogen-bond acceptors (Lipinski definition) is 5. The quantitative estimate of drug-likeness (QED) is 0.530. The first-order chi connectivity index (χ1) is 10.7. The SMILES string of the molecule is O=CC1(C(=O)c2cnc[nH]2)C=Cc2cc3c(cc2C1)OCO3. The molecule has 1 aliphatic carbocycles. The van der Waals surface area contributed by atoms with Gasteiger partial charge in [-0.05, 0) is 29.7 Å². The minimum absolute atomic E-state index is 0.188. The van der Waals surface area contributed by atoms with E-state index in [0.717, 1.165) is 11.1 Å². The first-order valence-electron chi connectivity index (χ1n) is 6.83. The molecule has 1 aromatic heterocycles. The lowest BCUT2D eigenvalue weighted by Crippen LogP contribution is -2.35. The van der Waals surface area contributed by atoms with Crippen LogP contribution in [0.2, 0.25) is 0 Å². The Balaban J connectivity index is 1.76. The van der Waals surface area contributed by atoms with Gasteiger partial charge in [0.2, 0.25) is 6.79 Å². The largest absolute Gasteiger partial charge is 0.454 e. The van der Waals surface area contributed by atoms with Crippen LogP contribution in [0.5, 0.6) is 11.5 Å². The van der Waals surface area contributed by atoms with E-state index in [1.165, 1.54) is 12.5 Å². The number of fused-ring (bicyclic) bond motifs is 2. The standard InChI is InChI=1S/C16H12N2O4/c19-7-16(15(20)12-6-17-8-18-12)2-1-10-3-13-14(22-9-21-13)4-11(10)5-16/h1-4,6-8H,5,9H2,(H,17,18). The highest BCUT2D eigenvalue weighted by molar-refractivity contribution is 6.10. The minimum Gasteiger partial charge on any atom is -0.454 e. The van der Waals surface area contributed by atoms with E-state index < -0.39 is 5.41 Å². The number of carbonyl (C=O) groups excluding carboxylic acids is 2. The molecule has 2 aliphatic rings. The molecule has 0 amide bonds. The van der Waals surface area contributed by atoms with E-state index in [-0.39, 0.29) is 19.0 Å². The Morgan fingerprint density at radius 3 is 2.86 bits per heavy atom. The summed E-state index contributed by atoms with van der Waals surface area (Å²) in [5.41, 5.74) is 0.916. The normalized spacial score (nSPS) is 21.5. The molecule has 22 heavy (non-hydrogen) atoms. The van der Waals surface area contributed by atoms with Crippen molar-refractivity contribution >= 4 is 18.1 Å². The average molecular weight is 296 g/mol. The second kappa shape index (κ2) is 4.56. The molecule has 6 heteroatoms. The van der Waals surface area contributed by atoms with Crippen LogP contribution in [-0.2, 0) is 11.2 Å². The first kappa shape index (κ1) is 12.8. The summed E-state index contributed by atoms with van der Waals surface area (Å²) in [5, 5.41) is 0. The Kier molecular flexibility index (Phi) is 2.66. The minimum atomic E-state index is -1.22. The van der Waals surface area contributed by atoms with Gasteiger partial charge in [-0.2, -0.15) is 0 Å². The fourth-order valence-corrected chi connectivity index (χ4v) is 2.84. The average Bonchev–Trinajstić information content (AvgIpc) is 3.22. The lowest BCUT2D eigenvalue weighted by Gasteiger charge is -2.27. The number of benzene rings is 1. The molecule has 0 fully saturated rings. The molecule has 0 bridgehead atoms. The highest BCUT2D eigenvalue weighted by Crippen LogP contribution is 2.41. The monoisotopic (exact) mass is 296 g/mol. The summed E-state index contributed by atoms with van der Waals surface area (Å²) in [6.07, 6.45) is 7.26. The predicted octanol–water partition coefficient (Wildman–Crippen LogP) is 1.78. The second-order valence-corrected chi connectivity index (χ2v) is 5.37. The number of aldehydes is 1. The zero-order valence-electron chi connectivity index (χ0n) is 11.5. The zero-order chi connectivity index (χ0) is 15.2. The van der Waals surface area contributed by atoms with Gasteiger partial charge in [0, 0.05) is 0 Å². The number of ketones is 1. The molecule has 1 unspecified atom stereocenters. The lowest BCUT2D eigenvalue weighted by molar-refractivity contribution is -0.112. The molecule has 110 valence electrons. The summed E-state index contributed by atoms with van der Waals surface area (Å²) in [4.78, 5) is 31.0. The fourth-order valence-electron chi connectivity index (χ4n) is 2.84. The third-order valence-corrected chi connectivity index (χ3v) is 4.05. The van der Waals surface area contributed by atoms with E-state index in [1.807, 2.05) is 12.1 Å². The summed E-state index contributed by atoms with van der Waals surface area (Å²) in [7, 11) is 0. The topological polar surface area (TPSA) is 81.3 Å². The van der Waals surface area contributed by atoms with E-state index in [1.54, 1.807) is 12.2 Å². The molecule has 2 aromatic rings. The number of imidazole rings is 1. The third-order valence-electron chi connectivity index (χ3n) is 4.05. The molecule has 0 radical (unpaired) electrons. The maximum absolute atomic E-state index is 12.6. The van der Waals surface area contributed by atoms with Crippen LogP contribution < -0.4 is 9.47 Å². The Bertz CT molecular complexity index is 795. The maximum atomic E-state index is 12.6. The van der Waals surface area contributed by atoms with Crippen molar-refractivity contribution in [2.45, 2.75) is 6.42 Å². The highest BCUT2D eigenvalue weighted by atomic mass is 16.7. The van der Waals surface area contributed by atoms with Crippen molar-refractivity contribution in [3.8, 4) is 11.5 Å². The molecule has 1 N–H and O–H groups in total. The Hall–Kier alpha value is -2.89.